The number of benzene rings is 1. The minimum absolute atomic E-state index is 0. The fourth-order valence-electron chi connectivity index (χ4n) is 2.36. The Labute approximate surface area is 189 Å². The first-order valence-electron chi connectivity index (χ1n) is 9.10. The van der Waals surface area contributed by atoms with E-state index in [0.29, 0.717) is 18.3 Å². The standard InChI is InChI=1S/C20H27ClN4O2.HI/c1-3-22-20(24-12-10-16-8-9-19(21)25-15-16)23-11-5-13-27-18-7-4-6-17(14-18)26-2;/h4,6-9,14-15H,3,5,10-13H2,1-2H3,(H2,22,23,24);1H. The lowest BCUT2D eigenvalue weighted by Gasteiger charge is -2.11. The van der Waals surface area contributed by atoms with E-state index in [1.807, 2.05) is 37.3 Å². The van der Waals surface area contributed by atoms with Crippen LogP contribution in [0.4, 0.5) is 0 Å². The monoisotopic (exact) mass is 518 g/mol. The largest absolute Gasteiger partial charge is 0.497 e. The molecule has 0 saturated carbocycles. The molecule has 0 aliphatic carbocycles. The van der Waals surface area contributed by atoms with Gasteiger partial charge in [0.05, 0.1) is 13.7 Å². The predicted molar refractivity (Wildman–Crippen MR) is 125 cm³/mol. The summed E-state index contributed by atoms with van der Waals surface area (Å²) in [6.07, 6.45) is 3.48. The van der Waals surface area contributed by atoms with Crippen LogP contribution >= 0.6 is 35.6 Å². The van der Waals surface area contributed by atoms with Crippen LogP contribution in [0.5, 0.6) is 11.5 Å². The van der Waals surface area contributed by atoms with Crippen LogP contribution in [-0.4, -0.2) is 44.3 Å². The molecule has 2 N–H and O–H groups in total. The molecule has 1 aromatic carbocycles. The Morgan fingerprint density at radius 1 is 1.18 bits per heavy atom. The lowest BCUT2D eigenvalue weighted by Crippen LogP contribution is -2.38. The van der Waals surface area contributed by atoms with Gasteiger partial charge in [0.15, 0.2) is 5.96 Å². The van der Waals surface area contributed by atoms with E-state index in [1.54, 1.807) is 19.4 Å². The van der Waals surface area contributed by atoms with Gasteiger partial charge in [0.25, 0.3) is 0 Å². The molecule has 0 spiro atoms. The van der Waals surface area contributed by atoms with Gasteiger partial charge in [0.2, 0.25) is 0 Å². The molecule has 2 aromatic rings. The number of halogens is 2. The number of nitrogens with one attached hydrogen (secondary N) is 2. The summed E-state index contributed by atoms with van der Waals surface area (Å²) in [5.74, 6) is 2.40. The molecule has 28 heavy (non-hydrogen) atoms. The van der Waals surface area contributed by atoms with Crippen LogP contribution in [0.25, 0.3) is 0 Å². The third-order valence-corrected chi connectivity index (χ3v) is 3.94. The summed E-state index contributed by atoms with van der Waals surface area (Å²) >= 11 is 5.80. The first-order chi connectivity index (χ1) is 13.2. The Hall–Kier alpha value is -1.74. The zero-order valence-electron chi connectivity index (χ0n) is 16.3. The average Bonchev–Trinajstić information content (AvgIpc) is 2.69. The molecular weight excluding hydrogens is 491 g/mol. The molecule has 0 amide bonds. The number of methoxy groups -OCH3 is 1. The number of aromatic nitrogens is 1. The van der Waals surface area contributed by atoms with Crippen molar-refractivity contribution in [1.29, 1.82) is 0 Å². The molecule has 154 valence electrons. The molecule has 0 fully saturated rings. The number of nitrogens with zero attached hydrogens (tertiary/aromatic N) is 2. The van der Waals surface area contributed by atoms with Crippen LogP contribution in [0.2, 0.25) is 5.15 Å². The number of aliphatic imine (C=N–C) groups is 1. The zero-order valence-corrected chi connectivity index (χ0v) is 19.4. The Morgan fingerprint density at radius 2 is 2.00 bits per heavy atom. The number of ether oxygens (including phenoxy) is 2. The highest BCUT2D eigenvalue weighted by Crippen LogP contribution is 2.18. The lowest BCUT2D eigenvalue weighted by atomic mass is 10.2. The summed E-state index contributed by atoms with van der Waals surface area (Å²) in [6, 6.07) is 11.4. The van der Waals surface area contributed by atoms with Gasteiger partial charge in [-0.3, -0.25) is 4.99 Å². The average molecular weight is 519 g/mol. The Balaban J connectivity index is 0.00000392. The zero-order chi connectivity index (χ0) is 19.3. The molecule has 0 aliphatic heterocycles. The van der Waals surface area contributed by atoms with E-state index in [0.717, 1.165) is 49.0 Å². The van der Waals surface area contributed by atoms with Crippen molar-refractivity contribution in [2.75, 3.05) is 33.4 Å². The van der Waals surface area contributed by atoms with Gasteiger partial charge in [-0.05, 0) is 37.1 Å². The van der Waals surface area contributed by atoms with Crippen LogP contribution in [0.1, 0.15) is 18.9 Å². The Kier molecular flexibility index (Phi) is 12.4. The second-order valence-electron chi connectivity index (χ2n) is 5.81. The maximum atomic E-state index is 5.80. The van der Waals surface area contributed by atoms with Gasteiger partial charge in [-0.2, -0.15) is 0 Å². The van der Waals surface area contributed by atoms with E-state index < -0.39 is 0 Å². The first-order valence-corrected chi connectivity index (χ1v) is 9.48. The molecule has 6 nitrogen and oxygen atoms in total. The highest BCUT2D eigenvalue weighted by molar-refractivity contribution is 14.0. The van der Waals surface area contributed by atoms with Crippen molar-refractivity contribution in [2.24, 2.45) is 4.99 Å². The molecule has 0 saturated heterocycles. The van der Waals surface area contributed by atoms with Crippen LogP contribution in [-0.2, 0) is 6.42 Å². The molecule has 0 unspecified atom stereocenters. The van der Waals surface area contributed by atoms with Gasteiger partial charge in [0, 0.05) is 38.3 Å². The van der Waals surface area contributed by atoms with Gasteiger partial charge < -0.3 is 20.1 Å². The molecule has 0 atom stereocenters. The van der Waals surface area contributed by atoms with Crippen molar-refractivity contribution in [3.63, 3.8) is 0 Å². The number of guanidine groups is 1. The van der Waals surface area contributed by atoms with Crippen LogP contribution < -0.4 is 20.1 Å². The highest BCUT2D eigenvalue weighted by atomic mass is 127. The van der Waals surface area contributed by atoms with Crippen molar-refractivity contribution in [2.45, 2.75) is 19.8 Å². The van der Waals surface area contributed by atoms with Crippen molar-refractivity contribution < 1.29 is 9.47 Å². The van der Waals surface area contributed by atoms with Crippen molar-refractivity contribution >= 4 is 41.5 Å². The number of hydrogen-bond acceptors (Lipinski definition) is 4. The molecule has 2 rings (SSSR count). The van der Waals surface area contributed by atoms with Crippen molar-refractivity contribution in [3.05, 3.63) is 53.3 Å². The second-order valence-corrected chi connectivity index (χ2v) is 6.19. The molecule has 8 heteroatoms. The molecule has 1 aromatic heterocycles. The molecule has 0 bridgehead atoms. The van der Waals surface area contributed by atoms with Gasteiger partial charge in [-0.25, -0.2) is 4.98 Å². The Bertz CT molecular complexity index is 714. The summed E-state index contributed by atoms with van der Waals surface area (Å²) < 4.78 is 10.9. The topological polar surface area (TPSA) is 67.8 Å². The number of rotatable bonds is 10. The lowest BCUT2D eigenvalue weighted by molar-refractivity contribution is 0.311. The fourth-order valence-corrected chi connectivity index (χ4v) is 2.47. The summed E-state index contributed by atoms with van der Waals surface area (Å²) in [6.45, 7) is 4.92. The van der Waals surface area contributed by atoms with Gasteiger partial charge in [-0.15, -0.1) is 24.0 Å². The van der Waals surface area contributed by atoms with E-state index >= 15 is 0 Å². The van der Waals surface area contributed by atoms with E-state index in [-0.39, 0.29) is 24.0 Å². The highest BCUT2D eigenvalue weighted by Gasteiger charge is 2.00. The fraction of sp³-hybridized carbons (Fsp3) is 0.400. The first kappa shape index (κ1) is 24.3. The summed E-state index contributed by atoms with van der Waals surface area (Å²) in [5.41, 5.74) is 1.13. The van der Waals surface area contributed by atoms with E-state index in [9.17, 15) is 0 Å². The van der Waals surface area contributed by atoms with E-state index in [1.165, 1.54) is 0 Å². The maximum Gasteiger partial charge on any atom is 0.191 e. The van der Waals surface area contributed by atoms with Crippen LogP contribution in [0.3, 0.4) is 0 Å². The molecule has 1 heterocycles. The van der Waals surface area contributed by atoms with E-state index in [2.05, 4.69) is 20.6 Å². The van der Waals surface area contributed by atoms with Gasteiger partial charge in [0.1, 0.15) is 16.7 Å². The number of pyridine rings is 1. The molecule has 0 radical (unpaired) electrons. The summed E-state index contributed by atoms with van der Waals surface area (Å²) in [7, 11) is 1.65. The molecule has 0 aliphatic rings. The smallest absolute Gasteiger partial charge is 0.191 e. The Morgan fingerprint density at radius 3 is 2.71 bits per heavy atom. The molecular formula is C20H28ClIN4O2. The normalized spacial score (nSPS) is 10.8. The minimum Gasteiger partial charge on any atom is -0.497 e. The van der Waals surface area contributed by atoms with Crippen LogP contribution in [0.15, 0.2) is 47.6 Å². The third kappa shape index (κ3) is 9.45. The van der Waals surface area contributed by atoms with Crippen molar-refractivity contribution in [1.82, 2.24) is 15.6 Å². The number of hydrogen-bond donors (Lipinski definition) is 2. The second kappa shape index (κ2) is 14.3. The van der Waals surface area contributed by atoms with E-state index in [4.69, 9.17) is 21.1 Å². The summed E-state index contributed by atoms with van der Waals surface area (Å²) in [5, 5.41) is 7.09. The minimum atomic E-state index is 0. The third-order valence-electron chi connectivity index (χ3n) is 3.72. The van der Waals surface area contributed by atoms with Gasteiger partial charge in [-0.1, -0.05) is 23.7 Å². The van der Waals surface area contributed by atoms with Crippen molar-refractivity contribution in [3.8, 4) is 11.5 Å². The quantitative estimate of drug-likeness (QED) is 0.164. The SMILES string of the molecule is CCNC(=NCCCOc1cccc(OC)c1)NCCc1ccc(Cl)nc1.I. The van der Waals surface area contributed by atoms with Crippen LogP contribution in [0, 0.1) is 0 Å². The maximum absolute atomic E-state index is 5.80. The predicted octanol–water partition coefficient (Wildman–Crippen LogP) is 3.93. The van der Waals surface area contributed by atoms with Gasteiger partial charge >= 0.3 is 0 Å². The summed E-state index contributed by atoms with van der Waals surface area (Å²) in [4.78, 5) is 8.67.